The van der Waals surface area contributed by atoms with E-state index in [-0.39, 0.29) is 18.1 Å². The van der Waals surface area contributed by atoms with Crippen LogP contribution >= 0.6 is 0 Å². The van der Waals surface area contributed by atoms with Gasteiger partial charge in [0, 0.05) is 19.2 Å². The zero-order chi connectivity index (χ0) is 14.5. The summed E-state index contributed by atoms with van der Waals surface area (Å²) >= 11 is 0. The highest BCUT2D eigenvalue weighted by Crippen LogP contribution is 2.19. The summed E-state index contributed by atoms with van der Waals surface area (Å²) in [5.74, 6) is -0.213. The van der Waals surface area contributed by atoms with E-state index in [1.54, 1.807) is 5.06 Å². The Labute approximate surface area is 116 Å². The molecule has 0 aromatic heterocycles. The molecule has 19 heavy (non-hydrogen) atoms. The quantitative estimate of drug-likeness (QED) is 0.772. The Morgan fingerprint density at radius 2 is 2.11 bits per heavy atom. The third kappa shape index (κ3) is 5.47. The molecule has 1 saturated heterocycles. The van der Waals surface area contributed by atoms with Crippen molar-refractivity contribution in [1.29, 1.82) is 0 Å². The monoisotopic (exact) mass is 272 g/mol. The summed E-state index contributed by atoms with van der Waals surface area (Å²) in [6.07, 6.45) is 2.87. The number of unbranched alkanes of at least 4 members (excludes halogenated alkanes) is 1. The van der Waals surface area contributed by atoms with Crippen LogP contribution in [0.2, 0.25) is 0 Å². The largest absolute Gasteiger partial charge is 0.375 e. The Hall–Kier alpha value is -0.650. The van der Waals surface area contributed by atoms with E-state index >= 15 is 0 Å². The molecule has 0 saturated carbocycles. The average Bonchev–Trinajstić information content (AvgIpc) is 2.32. The third-order valence-corrected chi connectivity index (χ3v) is 3.23. The molecule has 1 heterocycles. The van der Waals surface area contributed by atoms with Gasteiger partial charge in [0.05, 0.1) is 18.1 Å². The smallest absolute Gasteiger partial charge is 0.330 e. The number of hydrogen-bond acceptors (Lipinski definition) is 5. The van der Waals surface area contributed by atoms with Crippen LogP contribution in [0.3, 0.4) is 0 Å². The first kappa shape index (κ1) is 16.4. The summed E-state index contributed by atoms with van der Waals surface area (Å²) in [5, 5.41) is 1.69. The highest BCUT2D eigenvalue weighted by atomic mass is 16.7. The lowest BCUT2D eigenvalue weighted by Gasteiger charge is -2.36. The molecule has 5 nitrogen and oxygen atoms in total. The molecule has 112 valence electrons. The highest BCUT2D eigenvalue weighted by Gasteiger charge is 2.32. The Balaban J connectivity index is 2.43. The van der Waals surface area contributed by atoms with Crippen LogP contribution in [0, 0.1) is 5.41 Å². The fraction of sp³-hybridized carbons (Fsp3) is 0.929. The van der Waals surface area contributed by atoms with Crippen LogP contribution in [-0.2, 0) is 14.4 Å². The molecular weight excluding hydrogens is 244 g/mol. The molecule has 2 N–H and O–H groups in total. The van der Waals surface area contributed by atoms with E-state index in [1.807, 2.05) is 20.8 Å². The van der Waals surface area contributed by atoms with Crippen LogP contribution in [0.4, 0.5) is 0 Å². The lowest BCUT2D eigenvalue weighted by atomic mass is 9.97. The Kier molecular flexibility index (Phi) is 6.23. The second-order valence-corrected chi connectivity index (χ2v) is 6.23. The normalized spacial score (nSPS) is 25.3. The number of nitrogens with two attached hydrogens (primary N) is 1. The van der Waals surface area contributed by atoms with Crippen molar-refractivity contribution in [3.63, 3.8) is 0 Å². The number of carbonyl (C=O) groups is 1. The van der Waals surface area contributed by atoms with Crippen molar-refractivity contribution in [3.05, 3.63) is 0 Å². The second-order valence-electron chi connectivity index (χ2n) is 6.23. The summed E-state index contributed by atoms with van der Waals surface area (Å²) in [6, 6.07) is 0.0291. The molecule has 1 rings (SSSR count). The van der Waals surface area contributed by atoms with Gasteiger partial charge in [0.2, 0.25) is 0 Å². The molecule has 0 spiro atoms. The predicted molar refractivity (Wildman–Crippen MR) is 74.4 cm³/mol. The average molecular weight is 272 g/mol. The minimum absolute atomic E-state index is 0.0291. The lowest BCUT2D eigenvalue weighted by molar-refractivity contribution is -0.215. The molecular formula is C14H28N2O3. The van der Waals surface area contributed by atoms with Crippen molar-refractivity contribution in [2.75, 3.05) is 19.7 Å². The van der Waals surface area contributed by atoms with Gasteiger partial charge in [-0.25, -0.2) is 4.79 Å². The van der Waals surface area contributed by atoms with Gasteiger partial charge in [-0.3, -0.25) is 0 Å². The number of hydrogen-bond donors (Lipinski definition) is 1. The second kappa shape index (κ2) is 7.22. The van der Waals surface area contributed by atoms with Crippen molar-refractivity contribution in [3.8, 4) is 0 Å². The number of hydroxylamine groups is 2. The zero-order valence-electron chi connectivity index (χ0n) is 12.6. The molecule has 1 aliphatic rings. The number of carbonyl (C=O) groups excluding carboxylic acids is 1. The minimum Gasteiger partial charge on any atom is -0.375 e. The summed E-state index contributed by atoms with van der Waals surface area (Å²) in [6.45, 7) is 9.63. The van der Waals surface area contributed by atoms with Crippen molar-refractivity contribution >= 4 is 5.97 Å². The highest BCUT2D eigenvalue weighted by molar-refractivity contribution is 5.75. The van der Waals surface area contributed by atoms with Gasteiger partial charge in [-0.2, -0.15) is 0 Å². The van der Waals surface area contributed by atoms with Crippen molar-refractivity contribution in [2.45, 2.75) is 59.1 Å². The predicted octanol–water partition coefficient (Wildman–Crippen LogP) is 1.71. The zero-order valence-corrected chi connectivity index (χ0v) is 12.6. The molecule has 1 aliphatic heterocycles. The Morgan fingerprint density at radius 1 is 1.42 bits per heavy atom. The van der Waals surface area contributed by atoms with Crippen LogP contribution < -0.4 is 5.73 Å². The first-order chi connectivity index (χ1) is 8.84. The molecule has 1 fully saturated rings. The third-order valence-electron chi connectivity index (χ3n) is 3.23. The molecule has 0 bridgehead atoms. The van der Waals surface area contributed by atoms with E-state index in [1.165, 1.54) is 0 Å². The maximum atomic E-state index is 11.8. The number of rotatable bonds is 5. The molecule has 0 aromatic rings. The first-order valence-corrected chi connectivity index (χ1v) is 7.19. The van der Waals surface area contributed by atoms with E-state index in [2.05, 4.69) is 6.92 Å². The van der Waals surface area contributed by atoms with Gasteiger partial charge >= 0.3 is 5.97 Å². The maximum absolute atomic E-state index is 11.8. The van der Waals surface area contributed by atoms with E-state index in [9.17, 15) is 4.79 Å². The van der Waals surface area contributed by atoms with E-state index in [4.69, 9.17) is 15.3 Å². The topological polar surface area (TPSA) is 64.8 Å². The van der Waals surface area contributed by atoms with Crippen molar-refractivity contribution < 1.29 is 14.4 Å². The van der Waals surface area contributed by atoms with Crippen molar-refractivity contribution in [1.82, 2.24) is 5.06 Å². The van der Waals surface area contributed by atoms with Gasteiger partial charge in [0.25, 0.3) is 0 Å². The molecule has 0 amide bonds. The Morgan fingerprint density at radius 3 is 2.68 bits per heavy atom. The molecule has 2 unspecified atom stereocenters. The van der Waals surface area contributed by atoms with E-state index < -0.39 is 5.41 Å². The summed E-state index contributed by atoms with van der Waals surface area (Å²) in [7, 11) is 0. The van der Waals surface area contributed by atoms with Crippen LogP contribution in [0.25, 0.3) is 0 Å². The van der Waals surface area contributed by atoms with Gasteiger partial charge in [0.15, 0.2) is 0 Å². The first-order valence-electron chi connectivity index (χ1n) is 7.19. The summed E-state index contributed by atoms with van der Waals surface area (Å²) in [5.41, 5.74) is 5.56. The number of nitrogens with zero attached hydrogens (tertiary/aromatic N) is 1. The lowest BCUT2D eigenvalue weighted by Crippen LogP contribution is -2.52. The van der Waals surface area contributed by atoms with Crippen LogP contribution in [0.5, 0.6) is 0 Å². The fourth-order valence-electron chi connectivity index (χ4n) is 1.80. The maximum Gasteiger partial charge on any atom is 0.330 e. The van der Waals surface area contributed by atoms with Gasteiger partial charge in [-0.1, -0.05) is 13.3 Å². The molecule has 0 aliphatic carbocycles. The minimum atomic E-state index is -0.488. The van der Waals surface area contributed by atoms with Gasteiger partial charge in [-0.05, 0) is 33.6 Å². The van der Waals surface area contributed by atoms with Crippen LogP contribution in [0.15, 0.2) is 0 Å². The molecule has 0 radical (unpaired) electrons. The number of piperidine rings is 1. The standard InChI is InChI=1S/C14H28N2O3/c1-5-6-9-18-12-10-16(8-7-11(12)15)19-13(17)14(2,3)4/h11-12H,5-10,15H2,1-4H3. The van der Waals surface area contributed by atoms with Crippen molar-refractivity contribution in [2.24, 2.45) is 11.1 Å². The SMILES string of the molecule is CCCCOC1CN(OC(=O)C(C)(C)C)CCC1N. The number of ether oxygens (including phenoxy) is 1. The molecule has 0 aromatic carbocycles. The Bertz CT molecular complexity index is 289. The van der Waals surface area contributed by atoms with Crippen LogP contribution in [-0.4, -0.2) is 42.9 Å². The summed E-state index contributed by atoms with van der Waals surface area (Å²) in [4.78, 5) is 17.2. The van der Waals surface area contributed by atoms with Gasteiger partial charge in [-0.15, -0.1) is 5.06 Å². The van der Waals surface area contributed by atoms with E-state index in [0.717, 1.165) is 25.9 Å². The summed E-state index contributed by atoms with van der Waals surface area (Å²) < 4.78 is 5.78. The fourth-order valence-corrected chi connectivity index (χ4v) is 1.80. The molecule has 5 heteroatoms. The van der Waals surface area contributed by atoms with Gasteiger partial charge < -0.3 is 15.3 Å². The van der Waals surface area contributed by atoms with Gasteiger partial charge in [0.1, 0.15) is 0 Å². The van der Waals surface area contributed by atoms with Crippen LogP contribution in [0.1, 0.15) is 47.0 Å². The molecule has 2 atom stereocenters. The van der Waals surface area contributed by atoms with E-state index in [0.29, 0.717) is 13.1 Å².